The molecule has 114 valence electrons. The maximum atomic E-state index is 12.2. The van der Waals surface area contributed by atoms with E-state index in [0.29, 0.717) is 5.56 Å². The average Bonchev–Trinajstić information content (AvgIpc) is 2.55. The summed E-state index contributed by atoms with van der Waals surface area (Å²) in [5.41, 5.74) is 0.374. The van der Waals surface area contributed by atoms with Crippen LogP contribution in [0.15, 0.2) is 42.5 Å². The number of nitro groups is 1. The lowest BCUT2D eigenvalue weighted by atomic mass is 10.2. The molecular formula is C15H14N2O5. The van der Waals surface area contributed by atoms with Crippen molar-refractivity contribution in [3.63, 3.8) is 0 Å². The van der Waals surface area contributed by atoms with Gasteiger partial charge in [-0.3, -0.25) is 14.9 Å². The van der Waals surface area contributed by atoms with Crippen LogP contribution in [0.5, 0.6) is 11.5 Å². The van der Waals surface area contributed by atoms with E-state index in [2.05, 4.69) is 5.32 Å². The fourth-order valence-electron chi connectivity index (χ4n) is 1.91. The summed E-state index contributed by atoms with van der Waals surface area (Å²) < 4.78 is 10.1. The Bertz CT molecular complexity index is 701. The van der Waals surface area contributed by atoms with Crippen molar-refractivity contribution in [1.82, 2.24) is 0 Å². The molecule has 0 aromatic heterocycles. The Morgan fingerprint density at radius 3 is 2.27 bits per heavy atom. The highest BCUT2D eigenvalue weighted by molar-refractivity contribution is 6.05. The van der Waals surface area contributed by atoms with E-state index in [1.165, 1.54) is 26.4 Å². The molecule has 0 aliphatic heterocycles. The van der Waals surface area contributed by atoms with Crippen molar-refractivity contribution in [1.29, 1.82) is 0 Å². The fourth-order valence-corrected chi connectivity index (χ4v) is 1.91. The number of benzene rings is 2. The zero-order valence-electron chi connectivity index (χ0n) is 12.0. The average molecular weight is 302 g/mol. The first-order chi connectivity index (χ1) is 10.6. The van der Waals surface area contributed by atoms with Gasteiger partial charge in [0, 0.05) is 17.7 Å². The molecule has 1 amide bonds. The summed E-state index contributed by atoms with van der Waals surface area (Å²) in [7, 11) is 2.72. The molecular weight excluding hydrogens is 288 g/mol. The number of nitrogens with one attached hydrogen (secondary N) is 1. The number of nitrogens with zero attached hydrogens (tertiary/aromatic N) is 1. The van der Waals surface area contributed by atoms with Gasteiger partial charge in [0.2, 0.25) is 5.75 Å². The van der Waals surface area contributed by atoms with Gasteiger partial charge in [0.05, 0.1) is 24.8 Å². The molecule has 1 N–H and O–H groups in total. The Labute approximate surface area is 126 Å². The number of hydrogen-bond donors (Lipinski definition) is 1. The lowest BCUT2D eigenvalue weighted by molar-refractivity contribution is -0.385. The highest BCUT2D eigenvalue weighted by Gasteiger charge is 2.21. The Morgan fingerprint density at radius 2 is 1.73 bits per heavy atom. The minimum absolute atomic E-state index is 0.0551. The molecule has 7 heteroatoms. The van der Waals surface area contributed by atoms with Gasteiger partial charge < -0.3 is 14.8 Å². The van der Waals surface area contributed by atoms with Crippen LogP contribution in [-0.2, 0) is 0 Å². The Kier molecular flexibility index (Phi) is 4.57. The summed E-state index contributed by atoms with van der Waals surface area (Å²) in [4.78, 5) is 22.6. The highest BCUT2D eigenvalue weighted by Crippen LogP contribution is 2.37. The standard InChI is InChI=1S/C15H14N2O5/c1-21-13-9-14(22-2)12(17(19)20)8-11(13)16-15(18)10-6-4-3-5-7-10/h3-9H,1-2H3,(H,16,18). The predicted octanol–water partition coefficient (Wildman–Crippen LogP) is 2.86. The zero-order valence-corrected chi connectivity index (χ0v) is 12.0. The van der Waals surface area contributed by atoms with Crippen LogP contribution in [0.1, 0.15) is 10.4 Å². The first-order valence-corrected chi connectivity index (χ1v) is 6.33. The number of rotatable bonds is 5. The Balaban J connectivity index is 2.39. The van der Waals surface area contributed by atoms with Crippen molar-refractivity contribution < 1.29 is 19.2 Å². The second kappa shape index (κ2) is 6.57. The topological polar surface area (TPSA) is 90.7 Å². The summed E-state index contributed by atoms with van der Waals surface area (Å²) in [6, 6.07) is 11.1. The van der Waals surface area contributed by atoms with Gasteiger partial charge in [0.1, 0.15) is 5.75 Å². The molecule has 0 saturated carbocycles. The third-order valence-corrected chi connectivity index (χ3v) is 2.98. The molecule has 0 radical (unpaired) electrons. The van der Waals surface area contributed by atoms with Gasteiger partial charge >= 0.3 is 5.69 Å². The van der Waals surface area contributed by atoms with Crippen LogP contribution in [0.25, 0.3) is 0 Å². The quantitative estimate of drug-likeness (QED) is 0.677. The number of carbonyl (C=O) groups is 1. The molecule has 2 aromatic carbocycles. The van der Waals surface area contributed by atoms with Crippen LogP contribution >= 0.6 is 0 Å². The maximum absolute atomic E-state index is 12.2. The molecule has 22 heavy (non-hydrogen) atoms. The van der Waals surface area contributed by atoms with Crippen molar-refractivity contribution in [2.75, 3.05) is 19.5 Å². The largest absolute Gasteiger partial charge is 0.494 e. The molecule has 0 unspecified atom stereocenters. The number of carbonyl (C=O) groups excluding carboxylic acids is 1. The van der Waals surface area contributed by atoms with Gasteiger partial charge in [-0.05, 0) is 12.1 Å². The first-order valence-electron chi connectivity index (χ1n) is 6.33. The number of amides is 1. The minimum atomic E-state index is -0.587. The fraction of sp³-hybridized carbons (Fsp3) is 0.133. The van der Waals surface area contributed by atoms with E-state index in [1.54, 1.807) is 30.3 Å². The van der Waals surface area contributed by atoms with Crippen LogP contribution in [0.2, 0.25) is 0 Å². The smallest absolute Gasteiger partial charge is 0.313 e. The third kappa shape index (κ3) is 3.14. The molecule has 0 aliphatic rings. The minimum Gasteiger partial charge on any atom is -0.494 e. The van der Waals surface area contributed by atoms with E-state index < -0.39 is 10.8 Å². The van der Waals surface area contributed by atoms with Crippen LogP contribution in [0.3, 0.4) is 0 Å². The molecule has 0 saturated heterocycles. The van der Waals surface area contributed by atoms with Crippen LogP contribution in [0.4, 0.5) is 11.4 Å². The molecule has 0 bridgehead atoms. The zero-order chi connectivity index (χ0) is 16.1. The van der Waals surface area contributed by atoms with Crippen molar-refractivity contribution in [2.24, 2.45) is 0 Å². The summed E-state index contributed by atoms with van der Waals surface area (Å²) in [5.74, 6) is -0.0651. The van der Waals surface area contributed by atoms with Crippen molar-refractivity contribution in [3.05, 3.63) is 58.1 Å². The van der Waals surface area contributed by atoms with E-state index >= 15 is 0 Å². The normalized spacial score (nSPS) is 9.91. The molecule has 0 fully saturated rings. The molecule has 2 aromatic rings. The summed E-state index contributed by atoms with van der Waals surface area (Å²) in [6.45, 7) is 0. The van der Waals surface area contributed by atoms with Crippen molar-refractivity contribution in [2.45, 2.75) is 0 Å². The summed E-state index contributed by atoms with van der Waals surface area (Å²) in [5, 5.41) is 13.7. The molecule has 2 rings (SSSR count). The van der Waals surface area contributed by atoms with Crippen molar-refractivity contribution >= 4 is 17.3 Å². The van der Waals surface area contributed by atoms with Crippen LogP contribution in [0, 0.1) is 10.1 Å². The molecule has 7 nitrogen and oxygen atoms in total. The van der Waals surface area contributed by atoms with E-state index in [4.69, 9.17) is 9.47 Å². The van der Waals surface area contributed by atoms with E-state index in [-0.39, 0.29) is 22.9 Å². The van der Waals surface area contributed by atoms with E-state index in [9.17, 15) is 14.9 Å². The maximum Gasteiger partial charge on any atom is 0.313 e. The highest BCUT2D eigenvalue weighted by atomic mass is 16.6. The molecule has 0 atom stereocenters. The van der Waals surface area contributed by atoms with Gasteiger partial charge in [0.25, 0.3) is 5.91 Å². The molecule has 0 spiro atoms. The van der Waals surface area contributed by atoms with Gasteiger partial charge in [-0.15, -0.1) is 0 Å². The molecule has 0 heterocycles. The van der Waals surface area contributed by atoms with E-state index in [1.807, 2.05) is 0 Å². The Hall–Kier alpha value is -3.09. The van der Waals surface area contributed by atoms with E-state index in [0.717, 1.165) is 0 Å². The number of anilines is 1. The second-order valence-corrected chi connectivity index (χ2v) is 4.30. The number of ether oxygens (including phenoxy) is 2. The van der Waals surface area contributed by atoms with Crippen molar-refractivity contribution in [3.8, 4) is 11.5 Å². The van der Waals surface area contributed by atoms with Gasteiger partial charge in [-0.2, -0.15) is 0 Å². The third-order valence-electron chi connectivity index (χ3n) is 2.98. The van der Waals surface area contributed by atoms with Crippen LogP contribution < -0.4 is 14.8 Å². The monoisotopic (exact) mass is 302 g/mol. The molecule has 0 aliphatic carbocycles. The number of hydrogen-bond acceptors (Lipinski definition) is 5. The lowest BCUT2D eigenvalue weighted by Gasteiger charge is -2.12. The summed E-state index contributed by atoms with van der Waals surface area (Å²) in [6.07, 6.45) is 0. The summed E-state index contributed by atoms with van der Waals surface area (Å²) >= 11 is 0. The Morgan fingerprint density at radius 1 is 1.09 bits per heavy atom. The number of methoxy groups -OCH3 is 2. The second-order valence-electron chi connectivity index (χ2n) is 4.30. The first kappa shape index (κ1) is 15.3. The van der Waals surface area contributed by atoms with Gasteiger partial charge in [-0.25, -0.2) is 0 Å². The SMILES string of the molecule is COc1cc(OC)c([N+](=O)[O-])cc1NC(=O)c1ccccc1. The predicted molar refractivity (Wildman–Crippen MR) is 80.6 cm³/mol. The van der Waals surface area contributed by atoms with Gasteiger partial charge in [-0.1, -0.05) is 18.2 Å². The van der Waals surface area contributed by atoms with Gasteiger partial charge in [0.15, 0.2) is 0 Å². The van der Waals surface area contributed by atoms with Crippen LogP contribution in [-0.4, -0.2) is 25.1 Å². The number of nitro benzene ring substituents is 1. The lowest BCUT2D eigenvalue weighted by Crippen LogP contribution is -2.13.